The number of anilines is 1. The largest absolute Gasteiger partial charge is 0.495 e. The summed E-state index contributed by atoms with van der Waals surface area (Å²) in [7, 11) is 1.50. The number of nitrogens with two attached hydrogens (primary N) is 1. The van der Waals surface area contributed by atoms with E-state index in [-0.39, 0.29) is 18.4 Å². The summed E-state index contributed by atoms with van der Waals surface area (Å²) in [6.07, 6.45) is 4.08. The summed E-state index contributed by atoms with van der Waals surface area (Å²) < 4.78 is 7.26. The normalized spacial score (nSPS) is 11.6. The van der Waals surface area contributed by atoms with Crippen LogP contribution in [0.2, 0.25) is 0 Å². The Morgan fingerprint density at radius 1 is 1.07 bits per heavy atom. The van der Waals surface area contributed by atoms with Crippen molar-refractivity contribution in [1.29, 1.82) is 0 Å². The molecule has 0 radical (unpaired) electrons. The van der Waals surface area contributed by atoms with Crippen LogP contribution in [0.5, 0.6) is 5.75 Å². The van der Waals surface area contributed by atoms with Gasteiger partial charge in [-0.3, -0.25) is 9.59 Å². The Bertz CT molecular complexity index is 921. The first kappa shape index (κ1) is 18.3. The summed E-state index contributed by atoms with van der Waals surface area (Å²) in [6.45, 7) is 0. The van der Waals surface area contributed by atoms with E-state index in [0.29, 0.717) is 17.0 Å². The minimum Gasteiger partial charge on any atom is -0.495 e. The standard InChI is InChI=1S/C21H21N3O3/c1-27-19-10-9-16(21(22)26)13-17(19)23-20(25)14-18(24-11-5-6-12-24)15-7-3-2-4-8-15/h2-13,18H,14H2,1H3,(H2,22,26)(H,23,25)/t18-/m0/s1. The number of rotatable bonds is 7. The molecule has 0 bridgehead atoms. The molecule has 0 aliphatic heterocycles. The van der Waals surface area contributed by atoms with E-state index in [4.69, 9.17) is 10.5 Å². The molecule has 0 aliphatic carbocycles. The molecule has 0 saturated heterocycles. The van der Waals surface area contributed by atoms with Crippen molar-refractivity contribution >= 4 is 17.5 Å². The summed E-state index contributed by atoms with van der Waals surface area (Å²) in [5.74, 6) is -0.300. The monoisotopic (exact) mass is 363 g/mol. The van der Waals surface area contributed by atoms with Crippen LogP contribution in [0, 0.1) is 0 Å². The Morgan fingerprint density at radius 3 is 2.41 bits per heavy atom. The molecule has 0 saturated carbocycles. The third-order valence-electron chi connectivity index (χ3n) is 4.31. The predicted octanol–water partition coefficient (Wildman–Crippen LogP) is 3.21. The highest BCUT2D eigenvalue weighted by Gasteiger charge is 2.18. The third kappa shape index (κ3) is 4.36. The smallest absolute Gasteiger partial charge is 0.248 e. The van der Waals surface area contributed by atoms with Gasteiger partial charge in [0.15, 0.2) is 0 Å². The molecule has 6 nitrogen and oxygen atoms in total. The second-order valence-electron chi connectivity index (χ2n) is 6.09. The van der Waals surface area contributed by atoms with Crippen LogP contribution in [0.4, 0.5) is 5.69 Å². The van der Waals surface area contributed by atoms with Crippen LogP contribution in [0.3, 0.4) is 0 Å². The van der Waals surface area contributed by atoms with E-state index >= 15 is 0 Å². The Labute approximate surface area is 157 Å². The van der Waals surface area contributed by atoms with Gasteiger partial charge in [-0.15, -0.1) is 0 Å². The molecule has 0 fully saturated rings. The number of hydrogen-bond acceptors (Lipinski definition) is 3. The van der Waals surface area contributed by atoms with Gasteiger partial charge in [-0.2, -0.15) is 0 Å². The molecule has 1 aromatic heterocycles. The molecule has 138 valence electrons. The fourth-order valence-electron chi connectivity index (χ4n) is 2.96. The summed E-state index contributed by atoms with van der Waals surface area (Å²) in [4.78, 5) is 24.2. The Hall–Kier alpha value is -3.54. The number of aromatic nitrogens is 1. The zero-order chi connectivity index (χ0) is 19.2. The maximum atomic E-state index is 12.7. The molecule has 2 amide bonds. The number of carbonyl (C=O) groups excluding carboxylic acids is 2. The summed E-state index contributed by atoms with van der Waals surface area (Å²) in [5.41, 5.74) is 7.08. The third-order valence-corrected chi connectivity index (χ3v) is 4.31. The maximum absolute atomic E-state index is 12.7. The van der Waals surface area contributed by atoms with Crippen LogP contribution in [0.25, 0.3) is 0 Å². The van der Waals surface area contributed by atoms with E-state index in [1.54, 1.807) is 12.1 Å². The minimum absolute atomic E-state index is 0.147. The zero-order valence-corrected chi connectivity index (χ0v) is 15.0. The summed E-state index contributed by atoms with van der Waals surface area (Å²) >= 11 is 0. The van der Waals surface area contributed by atoms with Gasteiger partial charge in [0.05, 0.1) is 25.3 Å². The summed E-state index contributed by atoms with van der Waals surface area (Å²) in [5, 5.41) is 2.83. The zero-order valence-electron chi connectivity index (χ0n) is 15.0. The molecular weight excluding hydrogens is 342 g/mol. The molecule has 3 rings (SSSR count). The van der Waals surface area contributed by atoms with Gasteiger partial charge in [-0.25, -0.2) is 0 Å². The van der Waals surface area contributed by atoms with E-state index in [0.717, 1.165) is 5.56 Å². The van der Waals surface area contributed by atoms with Crippen molar-refractivity contribution in [3.05, 3.63) is 84.2 Å². The molecule has 1 heterocycles. The SMILES string of the molecule is COc1ccc(C(N)=O)cc1NC(=O)C[C@@H](c1ccccc1)n1cccc1. The molecule has 6 heteroatoms. The second-order valence-corrected chi connectivity index (χ2v) is 6.09. The highest BCUT2D eigenvalue weighted by Crippen LogP contribution is 2.27. The number of methoxy groups -OCH3 is 1. The highest BCUT2D eigenvalue weighted by atomic mass is 16.5. The number of ether oxygens (including phenoxy) is 1. The highest BCUT2D eigenvalue weighted by molar-refractivity contribution is 5.97. The van der Waals surface area contributed by atoms with Crippen LogP contribution in [0.15, 0.2) is 73.1 Å². The number of nitrogens with zero attached hydrogens (tertiary/aromatic N) is 1. The lowest BCUT2D eigenvalue weighted by Crippen LogP contribution is -2.20. The van der Waals surface area contributed by atoms with Crippen molar-refractivity contribution < 1.29 is 14.3 Å². The van der Waals surface area contributed by atoms with Crippen molar-refractivity contribution in [3.8, 4) is 5.75 Å². The van der Waals surface area contributed by atoms with Gasteiger partial charge in [-0.05, 0) is 35.9 Å². The van der Waals surface area contributed by atoms with E-state index in [2.05, 4.69) is 5.32 Å². The first-order valence-electron chi connectivity index (χ1n) is 8.53. The molecule has 3 aromatic rings. The average Bonchev–Trinajstić information content (AvgIpc) is 3.21. The van der Waals surface area contributed by atoms with E-state index < -0.39 is 5.91 Å². The Morgan fingerprint density at radius 2 is 1.78 bits per heavy atom. The number of hydrogen-bond donors (Lipinski definition) is 2. The van der Waals surface area contributed by atoms with Gasteiger partial charge >= 0.3 is 0 Å². The molecule has 2 aromatic carbocycles. The lowest BCUT2D eigenvalue weighted by molar-refractivity contribution is -0.116. The van der Waals surface area contributed by atoms with Crippen molar-refractivity contribution in [2.75, 3.05) is 12.4 Å². The molecule has 27 heavy (non-hydrogen) atoms. The molecule has 0 aliphatic rings. The minimum atomic E-state index is -0.567. The average molecular weight is 363 g/mol. The summed E-state index contributed by atoms with van der Waals surface area (Å²) in [6, 6.07) is 18.2. The molecule has 0 spiro atoms. The number of primary amides is 1. The molecule has 0 unspecified atom stereocenters. The van der Waals surface area contributed by atoms with Crippen molar-refractivity contribution in [3.63, 3.8) is 0 Å². The Kier molecular flexibility index (Phi) is 5.56. The van der Waals surface area contributed by atoms with Gasteiger partial charge in [0.25, 0.3) is 0 Å². The number of benzene rings is 2. The number of carbonyl (C=O) groups is 2. The fourth-order valence-corrected chi connectivity index (χ4v) is 2.96. The first-order valence-corrected chi connectivity index (χ1v) is 8.53. The van der Waals surface area contributed by atoms with Crippen LogP contribution < -0.4 is 15.8 Å². The number of amides is 2. The van der Waals surface area contributed by atoms with Gasteiger partial charge in [0, 0.05) is 18.0 Å². The van der Waals surface area contributed by atoms with Crippen LogP contribution >= 0.6 is 0 Å². The van der Waals surface area contributed by atoms with E-state index in [9.17, 15) is 9.59 Å². The molecule has 3 N–H and O–H groups in total. The first-order chi connectivity index (χ1) is 13.1. The predicted molar refractivity (Wildman–Crippen MR) is 104 cm³/mol. The van der Waals surface area contributed by atoms with Crippen LogP contribution in [0.1, 0.15) is 28.4 Å². The van der Waals surface area contributed by atoms with Gasteiger partial charge in [0.1, 0.15) is 5.75 Å². The second kappa shape index (κ2) is 8.23. The Balaban J connectivity index is 1.83. The van der Waals surface area contributed by atoms with Crippen LogP contribution in [-0.4, -0.2) is 23.5 Å². The van der Waals surface area contributed by atoms with Crippen molar-refractivity contribution in [1.82, 2.24) is 4.57 Å². The quantitative estimate of drug-likeness (QED) is 0.676. The maximum Gasteiger partial charge on any atom is 0.248 e. The van der Waals surface area contributed by atoms with E-state index in [1.807, 2.05) is 59.4 Å². The fraction of sp³-hybridized carbons (Fsp3) is 0.143. The van der Waals surface area contributed by atoms with Gasteiger partial charge in [-0.1, -0.05) is 30.3 Å². The van der Waals surface area contributed by atoms with Gasteiger partial charge < -0.3 is 20.4 Å². The van der Waals surface area contributed by atoms with Crippen LogP contribution in [-0.2, 0) is 4.79 Å². The van der Waals surface area contributed by atoms with Crippen molar-refractivity contribution in [2.24, 2.45) is 5.73 Å². The lowest BCUT2D eigenvalue weighted by Gasteiger charge is -2.20. The lowest BCUT2D eigenvalue weighted by atomic mass is 10.0. The van der Waals surface area contributed by atoms with Gasteiger partial charge in [0.2, 0.25) is 11.8 Å². The molecular formula is C21H21N3O3. The topological polar surface area (TPSA) is 86.3 Å². The molecule has 1 atom stereocenters. The van der Waals surface area contributed by atoms with Crippen molar-refractivity contribution in [2.45, 2.75) is 12.5 Å². The van der Waals surface area contributed by atoms with E-state index in [1.165, 1.54) is 13.2 Å². The number of nitrogens with one attached hydrogen (secondary N) is 1.